The molecule has 0 unspecified atom stereocenters. The van der Waals surface area contributed by atoms with Crippen LogP contribution >= 0.6 is 0 Å². The molecule has 0 aliphatic heterocycles. The van der Waals surface area contributed by atoms with Crippen LogP contribution in [0.25, 0.3) is 0 Å². The Bertz CT molecular complexity index is 660. The first-order chi connectivity index (χ1) is 16.0. The molecule has 0 saturated carbocycles. The molecule has 0 saturated heterocycles. The van der Waals surface area contributed by atoms with Gasteiger partial charge in [-0.2, -0.15) is 0 Å². The molecule has 0 atom stereocenters. The molecule has 0 aromatic rings. The van der Waals surface area contributed by atoms with Crippen molar-refractivity contribution in [3.05, 3.63) is 36.5 Å². The highest BCUT2D eigenvalue weighted by molar-refractivity contribution is 5.87. The van der Waals surface area contributed by atoms with E-state index in [1.807, 2.05) is 6.92 Å². The average Bonchev–Trinajstić information content (AvgIpc) is 2.79. The van der Waals surface area contributed by atoms with Crippen LogP contribution in [0.15, 0.2) is 36.5 Å². The smallest absolute Gasteiger partial charge is 0.333 e. The first kappa shape index (κ1) is 31.5. The van der Waals surface area contributed by atoms with Gasteiger partial charge in [-0.05, 0) is 33.6 Å². The minimum Gasteiger partial charge on any atom is -0.460 e. The Labute approximate surface area is 203 Å². The number of ether oxygens (including phenoxy) is 6. The summed E-state index contributed by atoms with van der Waals surface area (Å²) in [5, 5.41) is 0. The maximum absolute atomic E-state index is 11.5. The lowest BCUT2D eigenvalue weighted by molar-refractivity contribution is -0.143. The summed E-state index contributed by atoms with van der Waals surface area (Å²) in [4.78, 5) is 34.3. The van der Waals surface area contributed by atoms with Gasteiger partial charge in [-0.1, -0.05) is 26.7 Å². The van der Waals surface area contributed by atoms with Crippen LogP contribution < -0.4 is 0 Å². The fraction of sp³-hybridized carbons (Fsp3) is 0.640. The fourth-order valence-electron chi connectivity index (χ4n) is 2.48. The molecule has 0 N–H and O–H groups in total. The zero-order valence-corrected chi connectivity index (χ0v) is 21.1. The number of hydrogen-bond donors (Lipinski definition) is 0. The Kier molecular flexibility index (Phi) is 16.6. The van der Waals surface area contributed by atoms with E-state index in [9.17, 15) is 14.4 Å². The fourth-order valence-corrected chi connectivity index (χ4v) is 2.48. The van der Waals surface area contributed by atoms with Gasteiger partial charge < -0.3 is 28.4 Å². The molecule has 0 rings (SSSR count). The van der Waals surface area contributed by atoms with Crippen LogP contribution in [-0.4, -0.2) is 77.4 Å². The molecule has 9 nitrogen and oxygen atoms in total. The van der Waals surface area contributed by atoms with E-state index < -0.39 is 17.9 Å². The largest absolute Gasteiger partial charge is 0.460 e. The van der Waals surface area contributed by atoms with Crippen molar-refractivity contribution in [1.29, 1.82) is 0 Å². The Morgan fingerprint density at radius 3 is 1.26 bits per heavy atom. The van der Waals surface area contributed by atoms with Gasteiger partial charge in [-0.25, -0.2) is 14.4 Å². The third-order valence-corrected chi connectivity index (χ3v) is 4.77. The predicted octanol–water partition coefficient (Wildman–Crippen LogP) is 3.18. The van der Waals surface area contributed by atoms with Gasteiger partial charge in [-0.15, -0.1) is 0 Å². The number of hydrogen-bond acceptors (Lipinski definition) is 9. The molecule has 0 amide bonds. The Balaban J connectivity index is 4.60. The number of rotatable bonds is 20. The van der Waals surface area contributed by atoms with Crippen LogP contribution in [0.1, 0.15) is 40.5 Å². The van der Waals surface area contributed by atoms with E-state index in [1.54, 1.807) is 20.8 Å². The minimum atomic E-state index is -0.459. The minimum absolute atomic E-state index is 0.119. The third-order valence-electron chi connectivity index (χ3n) is 4.77. The normalized spacial score (nSPS) is 10.9. The Hall–Kier alpha value is -2.49. The van der Waals surface area contributed by atoms with E-state index in [0.717, 1.165) is 6.42 Å². The van der Waals surface area contributed by atoms with Crippen LogP contribution in [0.5, 0.6) is 0 Å². The lowest BCUT2D eigenvalue weighted by Crippen LogP contribution is -2.34. The first-order valence-electron chi connectivity index (χ1n) is 11.3. The lowest BCUT2D eigenvalue weighted by Gasteiger charge is -2.32. The molecular weight excluding hydrogens is 444 g/mol. The summed E-state index contributed by atoms with van der Waals surface area (Å²) in [6.45, 7) is 19.6. The SMILES string of the molecule is C=C(C)C(=O)OCCOCCC(CC)(COCCOC(=O)C(=C)C)COCCOC(=O)C(=C)C. The average molecular weight is 485 g/mol. The monoisotopic (exact) mass is 484 g/mol. The second kappa shape index (κ2) is 17.9. The van der Waals surface area contributed by atoms with Gasteiger partial charge in [0.2, 0.25) is 0 Å². The highest BCUT2D eigenvalue weighted by atomic mass is 16.6. The van der Waals surface area contributed by atoms with Crippen molar-refractivity contribution in [2.75, 3.05) is 59.5 Å². The van der Waals surface area contributed by atoms with Gasteiger partial charge in [0.1, 0.15) is 19.8 Å². The predicted molar refractivity (Wildman–Crippen MR) is 127 cm³/mol. The summed E-state index contributed by atoms with van der Waals surface area (Å²) in [6.07, 6.45) is 1.35. The zero-order chi connectivity index (χ0) is 26.0. The summed E-state index contributed by atoms with van der Waals surface area (Å²) < 4.78 is 32.2. The van der Waals surface area contributed by atoms with Gasteiger partial charge in [0.05, 0.1) is 33.0 Å². The van der Waals surface area contributed by atoms with E-state index in [-0.39, 0.29) is 45.1 Å². The summed E-state index contributed by atoms with van der Waals surface area (Å²) in [5.74, 6) is -1.37. The first-order valence-corrected chi connectivity index (χ1v) is 11.3. The van der Waals surface area contributed by atoms with Crippen molar-refractivity contribution in [2.24, 2.45) is 5.41 Å². The molecule has 0 spiro atoms. The van der Waals surface area contributed by atoms with Crippen LogP contribution in [0.3, 0.4) is 0 Å². The van der Waals surface area contributed by atoms with Gasteiger partial charge in [0.25, 0.3) is 0 Å². The Morgan fingerprint density at radius 2 is 0.941 bits per heavy atom. The Morgan fingerprint density at radius 1 is 0.588 bits per heavy atom. The molecule has 194 valence electrons. The quantitative estimate of drug-likeness (QED) is 0.111. The van der Waals surface area contributed by atoms with Crippen molar-refractivity contribution >= 4 is 17.9 Å². The topological polar surface area (TPSA) is 107 Å². The highest BCUT2D eigenvalue weighted by Gasteiger charge is 2.29. The van der Waals surface area contributed by atoms with Crippen molar-refractivity contribution < 1.29 is 42.8 Å². The van der Waals surface area contributed by atoms with E-state index in [1.165, 1.54) is 0 Å². The standard InChI is InChI=1S/C25H40O9/c1-8-25(17-30-12-15-33-23(27)20(4)5,18-31-13-16-34-24(28)21(6)7)9-10-29-11-14-32-22(26)19(2)3/h2,4,6,8-18H2,1,3,5,7H3. The van der Waals surface area contributed by atoms with Crippen LogP contribution in [-0.2, 0) is 42.8 Å². The van der Waals surface area contributed by atoms with Gasteiger partial charge in [-0.3, -0.25) is 0 Å². The molecule has 0 radical (unpaired) electrons. The summed E-state index contributed by atoms with van der Waals surface area (Å²) in [5.41, 5.74) is 0.622. The van der Waals surface area contributed by atoms with E-state index in [2.05, 4.69) is 19.7 Å². The second-order valence-electron chi connectivity index (χ2n) is 8.07. The molecular formula is C25H40O9. The highest BCUT2D eigenvalue weighted by Crippen LogP contribution is 2.28. The van der Waals surface area contributed by atoms with Crippen molar-refractivity contribution in [2.45, 2.75) is 40.5 Å². The number of carbonyl (C=O) groups is 3. The maximum Gasteiger partial charge on any atom is 0.333 e. The van der Waals surface area contributed by atoms with E-state index in [4.69, 9.17) is 28.4 Å². The van der Waals surface area contributed by atoms with E-state index >= 15 is 0 Å². The zero-order valence-electron chi connectivity index (χ0n) is 21.1. The van der Waals surface area contributed by atoms with Crippen LogP contribution in [0.2, 0.25) is 0 Å². The summed E-state index contributed by atoms with van der Waals surface area (Å²) in [7, 11) is 0. The molecule has 0 aliphatic carbocycles. The molecule has 0 aliphatic rings. The molecule has 0 fully saturated rings. The molecule has 9 heteroatoms. The lowest BCUT2D eigenvalue weighted by atomic mass is 9.83. The molecule has 0 aromatic heterocycles. The van der Waals surface area contributed by atoms with Crippen molar-refractivity contribution in [3.63, 3.8) is 0 Å². The molecule has 0 heterocycles. The van der Waals surface area contributed by atoms with Crippen molar-refractivity contribution in [3.8, 4) is 0 Å². The number of esters is 3. The molecule has 0 bridgehead atoms. The third kappa shape index (κ3) is 14.6. The number of carbonyl (C=O) groups excluding carboxylic acids is 3. The molecule has 34 heavy (non-hydrogen) atoms. The summed E-state index contributed by atoms with van der Waals surface area (Å²) in [6, 6.07) is 0. The van der Waals surface area contributed by atoms with Gasteiger partial charge in [0, 0.05) is 28.7 Å². The van der Waals surface area contributed by atoms with Crippen molar-refractivity contribution in [1.82, 2.24) is 0 Å². The maximum atomic E-state index is 11.5. The summed E-state index contributed by atoms with van der Waals surface area (Å²) >= 11 is 0. The van der Waals surface area contributed by atoms with E-state index in [0.29, 0.717) is 43.0 Å². The van der Waals surface area contributed by atoms with Crippen LogP contribution in [0.4, 0.5) is 0 Å². The van der Waals surface area contributed by atoms with Gasteiger partial charge >= 0.3 is 17.9 Å². The second-order valence-corrected chi connectivity index (χ2v) is 8.07. The molecule has 0 aromatic carbocycles. The van der Waals surface area contributed by atoms with Crippen LogP contribution in [0, 0.1) is 5.41 Å². The van der Waals surface area contributed by atoms with Gasteiger partial charge in [0.15, 0.2) is 0 Å².